The summed E-state index contributed by atoms with van der Waals surface area (Å²) in [6.07, 6.45) is -4.03. The van der Waals surface area contributed by atoms with Crippen LogP contribution >= 0.6 is 0 Å². The molecule has 4 aromatic rings. The first-order valence-corrected chi connectivity index (χ1v) is 15.8. The molecular formula is C32H31BF3N5O7S. The van der Waals surface area contributed by atoms with Gasteiger partial charge in [-0.1, -0.05) is 30.3 Å². The molecular weight excluding hydrogens is 666 g/mol. The highest BCUT2D eigenvalue weighted by Gasteiger charge is 2.43. The van der Waals surface area contributed by atoms with E-state index in [9.17, 15) is 31.6 Å². The first-order chi connectivity index (χ1) is 23.3. The lowest BCUT2D eigenvalue weighted by molar-refractivity contribution is -0.139. The molecule has 17 heteroatoms. The summed E-state index contributed by atoms with van der Waals surface area (Å²) >= 11 is 0. The van der Waals surface area contributed by atoms with Gasteiger partial charge in [0.15, 0.2) is 5.84 Å². The molecule has 12 nitrogen and oxygen atoms in total. The largest absolute Gasteiger partial charge is 0.497 e. The zero-order valence-corrected chi connectivity index (χ0v) is 27.2. The van der Waals surface area contributed by atoms with Gasteiger partial charge in [0.05, 0.1) is 33.1 Å². The van der Waals surface area contributed by atoms with Gasteiger partial charge in [-0.25, -0.2) is 8.42 Å². The number of ether oxygens (including phenoxy) is 3. The molecule has 0 spiro atoms. The minimum atomic E-state index is -5.26. The molecule has 0 aliphatic carbocycles. The molecule has 256 valence electrons. The van der Waals surface area contributed by atoms with Gasteiger partial charge < -0.3 is 24.3 Å². The zero-order valence-electron chi connectivity index (χ0n) is 26.4. The van der Waals surface area contributed by atoms with Crippen LogP contribution in [0.25, 0.3) is 0 Å². The second kappa shape index (κ2) is 15.9. The van der Waals surface area contributed by atoms with Crippen LogP contribution in [-0.2, 0) is 29.3 Å². The van der Waals surface area contributed by atoms with Crippen LogP contribution in [0.3, 0.4) is 0 Å². The van der Waals surface area contributed by atoms with Crippen LogP contribution in [0.5, 0.6) is 17.2 Å². The number of nitrogens with one attached hydrogen (secondary N) is 1. The summed E-state index contributed by atoms with van der Waals surface area (Å²) in [5.74, 6) is 0.386. The third-order valence-electron chi connectivity index (χ3n) is 7.16. The number of benzene rings is 4. The van der Waals surface area contributed by atoms with Crippen LogP contribution in [0.4, 0.5) is 13.2 Å². The fraction of sp³-hybridized carbons (Fsp3) is 0.188. The third kappa shape index (κ3) is 9.08. The fourth-order valence-corrected chi connectivity index (χ4v) is 6.51. The van der Waals surface area contributed by atoms with Crippen LogP contribution < -0.4 is 19.7 Å². The van der Waals surface area contributed by atoms with Gasteiger partial charge in [0.25, 0.3) is 0 Å². The Morgan fingerprint density at radius 3 is 1.71 bits per heavy atom. The number of halogens is 3. The van der Waals surface area contributed by atoms with Gasteiger partial charge in [0, 0.05) is 18.7 Å². The van der Waals surface area contributed by atoms with Crippen LogP contribution in [0.15, 0.2) is 105 Å². The van der Waals surface area contributed by atoms with E-state index in [1.807, 2.05) is 0 Å². The van der Waals surface area contributed by atoms with Crippen molar-refractivity contribution < 1.29 is 45.8 Å². The molecule has 0 saturated carbocycles. The SMILES string of the molecule is COc1ccc(/C=N\N=N/C(=N)c2c(B(O)O)ccc(C(F)(F)F)c2S(=O)(=O)N(Cc2ccc(OC)cc2)Cc2ccc(OC)cc2)cc1. The van der Waals surface area contributed by atoms with E-state index in [1.165, 1.54) is 27.5 Å². The molecule has 0 radical (unpaired) electrons. The van der Waals surface area contributed by atoms with Gasteiger partial charge in [-0.3, -0.25) is 5.41 Å². The molecule has 4 aromatic carbocycles. The average Bonchev–Trinajstić information content (AvgIpc) is 3.09. The normalized spacial score (nSPS) is 12.1. The second-order valence-corrected chi connectivity index (χ2v) is 12.2. The molecule has 4 rings (SSSR count). The minimum Gasteiger partial charge on any atom is -0.497 e. The van der Waals surface area contributed by atoms with Crippen molar-refractivity contribution in [2.24, 2.45) is 15.4 Å². The number of nitrogens with zero attached hydrogens (tertiary/aromatic N) is 4. The summed E-state index contributed by atoms with van der Waals surface area (Å²) in [5, 5.41) is 39.5. The Morgan fingerprint density at radius 2 is 1.29 bits per heavy atom. The monoisotopic (exact) mass is 697 g/mol. The molecule has 0 aliphatic rings. The topological polar surface area (TPSA) is 166 Å². The van der Waals surface area contributed by atoms with E-state index >= 15 is 0 Å². The standard InChI is InChI=1S/C32H31BF3N5O7S/c1-46-24-10-4-21(5-11-24)18-38-40-39-31(37)29-28(33(42)43)17-16-27(32(34,35)36)30(29)49(44,45)41(19-22-6-12-25(47-2)13-7-22)20-23-8-14-26(48-3)15-9-23/h4-18,37,42-43H,19-20H2,1-3H3/b37-31?,38-18-,40-39-. The first-order valence-electron chi connectivity index (χ1n) is 14.3. The highest BCUT2D eigenvalue weighted by Crippen LogP contribution is 2.38. The van der Waals surface area contributed by atoms with Gasteiger partial charge in [-0.05, 0) is 82.0 Å². The van der Waals surface area contributed by atoms with Gasteiger partial charge in [-0.2, -0.15) is 17.5 Å². The number of hydrogen-bond donors (Lipinski definition) is 3. The highest BCUT2D eigenvalue weighted by atomic mass is 32.2. The van der Waals surface area contributed by atoms with E-state index in [0.29, 0.717) is 46.1 Å². The lowest BCUT2D eigenvalue weighted by Crippen LogP contribution is -2.40. The Bertz CT molecular complexity index is 1870. The average molecular weight is 698 g/mol. The van der Waals surface area contributed by atoms with Crippen molar-refractivity contribution in [3.63, 3.8) is 0 Å². The summed E-state index contributed by atoms with van der Waals surface area (Å²) in [6.45, 7) is -0.829. The Hall–Kier alpha value is -5.10. The van der Waals surface area contributed by atoms with E-state index in [2.05, 4.69) is 15.4 Å². The maximum atomic E-state index is 14.6. The minimum absolute atomic E-state index is 0.397. The van der Waals surface area contributed by atoms with E-state index in [-0.39, 0.29) is 0 Å². The summed E-state index contributed by atoms with van der Waals surface area (Å²) in [6, 6.07) is 20.0. The predicted octanol–water partition coefficient (Wildman–Crippen LogP) is 4.61. The first kappa shape index (κ1) is 36.7. The highest BCUT2D eigenvalue weighted by molar-refractivity contribution is 7.89. The lowest BCUT2D eigenvalue weighted by atomic mass is 9.76. The van der Waals surface area contributed by atoms with E-state index in [4.69, 9.17) is 19.6 Å². The summed E-state index contributed by atoms with van der Waals surface area (Å²) in [7, 11) is -3.34. The molecule has 0 heterocycles. The second-order valence-electron chi connectivity index (χ2n) is 10.3. The summed E-state index contributed by atoms with van der Waals surface area (Å²) < 4.78 is 89.0. The van der Waals surface area contributed by atoms with E-state index in [1.54, 1.807) is 72.8 Å². The molecule has 0 amide bonds. The molecule has 0 aliphatic heterocycles. The van der Waals surface area contributed by atoms with Crippen molar-refractivity contribution in [1.82, 2.24) is 4.31 Å². The molecule has 49 heavy (non-hydrogen) atoms. The van der Waals surface area contributed by atoms with Crippen LogP contribution in [0, 0.1) is 5.41 Å². The number of amidine groups is 1. The van der Waals surface area contributed by atoms with Crippen LogP contribution in [0.1, 0.15) is 27.8 Å². The maximum absolute atomic E-state index is 14.6. The maximum Gasteiger partial charge on any atom is 0.489 e. The molecule has 0 fully saturated rings. The van der Waals surface area contributed by atoms with E-state index < -0.39 is 63.7 Å². The van der Waals surface area contributed by atoms with Crippen molar-refractivity contribution in [3.05, 3.63) is 113 Å². The Kier molecular flexibility index (Phi) is 11.9. The smallest absolute Gasteiger partial charge is 0.489 e. The third-order valence-corrected chi connectivity index (χ3v) is 9.04. The molecule has 0 unspecified atom stereocenters. The van der Waals surface area contributed by atoms with Gasteiger partial charge in [-0.15, -0.1) is 10.2 Å². The summed E-state index contributed by atoms with van der Waals surface area (Å²) in [4.78, 5) is -1.41. The lowest BCUT2D eigenvalue weighted by Gasteiger charge is -2.27. The number of sulfonamides is 1. The quantitative estimate of drug-likeness (QED) is 0.0603. The van der Waals surface area contributed by atoms with Gasteiger partial charge >= 0.3 is 13.3 Å². The van der Waals surface area contributed by atoms with Gasteiger partial charge in [0.2, 0.25) is 10.0 Å². The Morgan fingerprint density at radius 1 is 0.816 bits per heavy atom. The molecule has 0 bridgehead atoms. The van der Waals surface area contributed by atoms with Crippen molar-refractivity contribution in [2.45, 2.75) is 24.2 Å². The number of rotatable bonds is 13. The van der Waals surface area contributed by atoms with Gasteiger partial charge in [0.1, 0.15) is 22.1 Å². The summed E-state index contributed by atoms with van der Waals surface area (Å²) in [5.41, 5.74) is -2.05. The van der Waals surface area contributed by atoms with E-state index in [0.717, 1.165) is 4.31 Å². The molecule has 0 saturated heterocycles. The fourth-order valence-electron chi connectivity index (χ4n) is 4.68. The van der Waals surface area contributed by atoms with Crippen molar-refractivity contribution in [2.75, 3.05) is 21.3 Å². The molecule has 0 aromatic heterocycles. The van der Waals surface area contributed by atoms with Crippen molar-refractivity contribution >= 4 is 34.7 Å². The number of methoxy groups -OCH3 is 3. The number of hydrogen-bond acceptors (Lipinski definition) is 9. The van der Waals surface area contributed by atoms with Crippen molar-refractivity contribution in [3.8, 4) is 17.2 Å². The van der Waals surface area contributed by atoms with Crippen molar-refractivity contribution in [1.29, 1.82) is 5.41 Å². The molecule has 0 atom stereocenters. The Labute approximate surface area is 280 Å². The Balaban J connectivity index is 1.87. The number of alkyl halides is 3. The van der Waals surface area contributed by atoms with Crippen LogP contribution in [0.2, 0.25) is 0 Å². The predicted molar refractivity (Wildman–Crippen MR) is 176 cm³/mol. The van der Waals surface area contributed by atoms with Crippen LogP contribution in [-0.4, -0.2) is 63.3 Å². The zero-order chi connectivity index (χ0) is 35.8. The molecule has 3 N–H and O–H groups in total.